The van der Waals surface area contributed by atoms with Gasteiger partial charge in [0.05, 0.1) is 10.7 Å². The molecule has 0 aromatic carbocycles. The Balaban J connectivity index is 1.96. The van der Waals surface area contributed by atoms with E-state index in [9.17, 15) is 13.6 Å². The molecule has 0 bridgehead atoms. The topological polar surface area (TPSA) is 50.2 Å². The Morgan fingerprint density at radius 3 is 2.73 bits per heavy atom. The number of alkyl halides is 2. The lowest BCUT2D eigenvalue weighted by atomic mass is 10.2. The molecule has 124 valence electrons. The van der Waals surface area contributed by atoms with E-state index in [-0.39, 0.29) is 23.4 Å². The smallest absolute Gasteiger partial charge is 0.283 e. The maximum atomic E-state index is 12.9. The maximum absolute atomic E-state index is 12.9. The molecule has 1 saturated carbocycles. The minimum Gasteiger partial charge on any atom is -0.354 e. The van der Waals surface area contributed by atoms with Crippen molar-refractivity contribution in [3.63, 3.8) is 0 Å². The Labute approximate surface area is 133 Å². The number of amides is 1. The number of carbonyl (C=O) groups is 1. The summed E-state index contributed by atoms with van der Waals surface area (Å²) in [4.78, 5) is 14.0. The summed E-state index contributed by atoms with van der Waals surface area (Å²) >= 11 is 6.00. The standard InChI is InChI=1S/C14H21ClF2N4O/c1-20(2)7-3-6-18-10(22)8-21-13(9-4-5-9)11(15)12(19-21)14(16)17/h9,14H,3-8H2,1-2H3,(H,18,22). The highest BCUT2D eigenvalue weighted by atomic mass is 35.5. The SMILES string of the molecule is CN(C)CCCNC(=O)Cn1nc(C(F)F)c(Cl)c1C1CC1. The van der Waals surface area contributed by atoms with Gasteiger partial charge in [0.25, 0.3) is 6.43 Å². The van der Waals surface area contributed by atoms with Crippen molar-refractivity contribution in [1.82, 2.24) is 20.0 Å². The predicted octanol–water partition coefficient (Wildman–Crippen LogP) is 2.42. The first-order valence-corrected chi connectivity index (χ1v) is 7.73. The summed E-state index contributed by atoms with van der Waals surface area (Å²) in [6, 6.07) is 0. The molecular formula is C14H21ClF2N4O. The lowest BCUT2D eigenvalue weighted by molar-refractivity contribution is -0.121. The third-order valence-corrected chi connectivity index (χ3v) is 3.91. The lowest BCUT2D eigenvalue weighted by Crippen LogP contribution is -2.31. The van der Waals surface area contributed by atoms with Gasteiger partial charge in [-0.1, -0.05) is 11.6 Å². The molecule has 0 aliphatic heterocycles. The van der Waals surface area contributed by atoms with E-state index in [0.29, 0.717) is 12.2 Å². The number of hydrogen-bond donors (Lipinski definition) is 1. The molecule has 1 aliphatic rings. The minimum atomic E-state index is -2.73. The summed E-state index contributed by atoms with van der Waals surface area (Å²) in [5.74, 6) is -0.0883. The zero-order valence-corrected chi connectivity index (χ0v) is 13.5. The Kier molecular flexibility index (Phi) is 5.74. The summed E-state index contributed by atoms with van der Waals surface area (Å²) in [6.07, 6.45) is -0.0950. The highest BCUT2D eigenvalue weighted by Crippen LogP contribution is 2.45. The van der Waals surface area contributed by atoms with Crippen molar-refractivity contribution in [1.29, 1.82) is 0 Å². The number of hydrogen-bond acceptors (Lipinski definition) is 3. The number of halogens is 3. The highest BCUT2D eigenvalue weighted by Gasteiger charge is 2.34. The third-order valence-electron chi connectivity index (χ3n) is 3.52. The van der Waals surface area contributed by atoms with E-state index in [2.05, 4.69) is 10.4 Å². The first kappa shape index (κ1) is 17.1. The zero-order chi connectivity index (χ0) is 16.3. The van der Waals surface area contributed by atoms with E-state index in [1.807, 2.05) is 19.0 Å². The molecule has 2 rings (SSSR count). The number of rotatable bonds is 8. The summed E-state index contributed by atoms with van der Waals surface area (Å²) in [7, 11) is 3.92. The monoisotopic (exact) mass is 334 g/mol. The Morgan fingerprint density at radius 2 is 2.18 bits per heavy atom. The predicted molar refractivity (Wildman–Crippen MR) is 80.3 cm³/mol. The molecule has 0 radical (unpaired) electrons. The molecule has 0 saturated heterocycles. The fourth-order valence-electron chi connectivity index (χ4n) is 2.29. The van der Waals surface area contributed by atoms with Crippen LogP contribution in [0.1, 0.15) is 43.0 Å². The maximum Gasteiger partial charge on any atom is 0.283 e. The van der Waals surface area contributed by atoms with E-state index in [0.717, 1.165) is 25.8 Å². The van der Waals surface area contributed by atoms with Crippen LogP contribution in [0.2, 0.25) is 5.02 Å². The number of nitrogens with zero attached hydrogens (tertiary/aromatic N) is 3. The second-order valence-electron chi connectivity index (χ2n) is 5.82. The van der Waals surface area contributed by atoms with Crippen LogP contribution in [0, 0.1) is 0 Å². The normalized spacial score (nSPS) is 14.9. The van der Waals surface area contributed by atoms with Gasteiger partial charge in [0, 0.05) is 12.5 Å². The van der Waals surface area contributed by atoms with E-state index in [1.54, 1.807) is 0 Å². The molecule has 1 aromatic rings. The zero-order valence-electron chi connectivity index (χ0n) is 12.8. The van der Waals surface area contributed by atoms with Gasteiger partial charge in [-0.25, -0.2) is 8.78 Å². The Hall–Kier alpha value is -1.21. The van der Waals surface area contributed by atoms with Gasteiger partial charge >= 0.3 is 0 Å². The summed E-state index contributed by atoms with van der Waals surface area (Å²) < 4.78 is 27.1. The number of aromatic nitrogens is 2. The Bertz CT molecular complexity index is 529. The molecule has 1 fully saturated rings. The summed E-state index contributed by atoms with van der Waals surface area (Å²) in [6.45, 7) is 1.35. The van der Waals surface area contributed by atoms with Gasteiger partial charge in [0.15, 0.2) is 0 Å². The first-order valence-electron chi connectivity index (χ1n) is 7.35. The Morgan fingerprint density at radius 1 is 1.50 bits per heavy atom. The first-order chi connectivity index (χ1) is 10.4. The van der Waals surface area contributed by atoms with Gasteiger partial charge in [-0.15, -0.1) is 0 Å². The van der Waals surface area contributed by atoms with Crippen LogP contribution in [0.5, 0.6) is 0 Å². The van der Waals surface area contributed by atoms with Gasteiger partial charge < -0.3 is 10.2 Å². The highest BCUT2D eigenvalue weighted by molar-refractivity contribution is 6.32. The van der Waals surface area contributed by atoms with Gasteiger partial charge in [-0.3, -0.25) is 9.48 Å². The van der Waals surface area contributed by atoms with Crippen molar-refractivity contribution in [3.8, 4) is 0 Å². The molecule has 1 N–H and O–H groups in total. The number of carbonyl (C=O) groups excluding carboxylic acids is 1. The van der Waals surface area contributed by atoms with Crippen LogP contribution in [0.15, 0.2) is 0 Å². The van der Waals surface area contributed by atoms with Gasteiger partial charge in [-0.2, -0.15) is 5.10 Å². The lowest BCUT2D eigenvalue weighted by Gasteiger charge is -2.11. The van der Waals surface area contributed by atoms with Crippen LogP contribution in [-0.4, -0.2) is 47.8 Å². The van der Waals surface area contributed by atoms with Crippen molar-refractivity contribution >= 4 is 17.5 Å². The molecule has 1 aliphatic carbocycles. The molecular weight excluding hydrogens is 314 g/mol. The fraction of sp³-hybridized carbons (Fsp3) is 0.714. The second-order valence-corrected chi connectivity index (χ2v) is 6.20. The largest absolute Gasteiger partial charge is 0.354 e. The molecule has 1 aromatic heterocycles. The van der Waals surface area contributed by atoms with Gasteiger partial charge in [0.1, 0.15) is 12.2 Å². The van der Waals surface area contributed by atoms with Crippen molar-refractivity contribution < 1.29 is 13.6 Å². The molecule has 0 spiro atoms. The van der Waals surface area contributed by atoms with Crippen LogP contribution in [0.4, 0.5) is 8.78 Å². The van der Waals surface area contributed by atoms with Crippen LogP contribution >= 0.6 is 11.6 Å². The minimum absolute atomic E-state index is 0.0120. The quantitative estimate of drug-likeness (QED) is 0.743. The molecule has 5 nitrogen and oxygen atoms in total. The third kappa shape index (κ3) is 4.39. The average Bonchev–Trinajstić information content (AvgIpc) is 3.20. The van der Waals surface area contributed by atoms with Crippen LogP contribution < -0.4 is 5.32 Å². The molecule has 1 amide bonds. The van der Waals surface area contributed by atoms with Crippen LogP contribution in [0.3, 0.4) is 0 Å². The van der Waals surface area contributed by atoms with Crippen LogP contribution in [0.25, 0.3) is 0 Å². The summed E-state index contributed by atoms with van der Waals surface area (Å²) in [5.41, 5.74) is 0.143. The van der Waals surface area contributed by atoms with Crippen molar-refractivity contribution in [2.45, 2.75) is 38.2 Å². The van der Waals surface area contributed by atoms with Gasteiger partial charge in [0.2, 0.25) is 5.91 Å². The molecule has 8 heteroatoms. The van der Waals surface area contributed by atoms with E-state index in [1.165, 1.54) is 4.68 Å². The van der Waals surface area contributed by atoms with Crippen LogP contribution in [-0.2, 0) is 11.3 Å². The van der Waals surface area contributed by atoms with Crippen molar-refractivity contribution in [3.05, 3.63) is 16.4 Å². The summed E-state index contributed by atoms with van der Waals surface area (Å²) in [5, 5.41) is 6.62. The molecule has 1 heterocycles. The van der Waals surface area contributed by atoms with Crippen molar-refractivity contribution in [2.75, 3.05) is 27.2 Å². The average molecular weight is 335 g/mol. The fourth-order valence-corrected chi connectivity index (χ4v) is 2.67. The molecule has 0 atom stereocenters. The number of nitrogens with one attached hydrogen (secondary N) is 1. The van der Waals surface area contributed by atoms with E-state index < -0.39 is 12.1 Å². The van der Waals surface area contributed by atoms with E-state index in [4.69, 9.17) is 11.6 Å². The van der Waals surface area contributed by atoms with E-state index >= 15 is 0 Å². The molecule has 22 heavy (non-hydrogen) atoms. The molecule has 0 unspecified atom stereocenters. The van der Waals surface area contributed by atoms with Gasteiger partial charge in [-0.05, 0) is 39.9 Å². The second kappa shape index (κ2) is 7.37. The van der Waals surface area contributed by atoms with Crippen molar-refractivity contribution in [2.24, 2.45) is 0 Å².